The van der Waals surface area contributed by atoms with Crippen LogP contribution >= 0.6 is 0 Å². The maximum Gasteiger partial charge on any atom is 0.508 e. The summed E-state index contributed by atoms with van der Waals surface area (Å²) in [5, 5.41) is 18.1. The second-order valence-corrected chi connectivity index (χ2v) is 4.49. The Bertz CT molecular complexity index is 360. The minimum atomic E-state index is -1.48. The van der Waals surface area contributed by atoms with Crippen molar-refractivity contribution in [3.63, 3.8) is 0 Å². The molecule has 16 heavy (non-hydrogen) atoms. The maximum atomic E-state index is 9.07. The first-order valence-corrected chi connectivity index (χ1v) is 5.75. The minimum absolute atomic E-state index is 0.315. The molecular weight excluding hydrogens is 203 g/mol. The zero-order chi connectivity index (χ0) is 11.5. The van der Waals surface area contributed by atoms with E-state index in [1.807, 2.05) is 12.1 Å². The van der Waals surface area contributed by atoms with Crippen molar-refractivity contribution in [2.24, 2.45) is 5.92 Å². The molecule has 0 aromatic carbocycles. The van der Waals surface area contributed by atoms with E-state index in [2.05, 4.69) is 16.8 Å². The molecule has 0 saturated carbocycles. The molecule has 86 valence electrons. The van der Waals surface area contributed by atoms with Gasteiger partial charge in [-0.15, -0.1) is 0 Å². The Labute approximate surface area is 96.1 Å². The predicted molar refractivity (Wildman–Crippen MR) is 64.7 cm³/mol. The first kappa shape index (κ1) is 11.4. The van der Waals surface area contributed by atoms with E-state index in [1.54, 1.807) is 6.07 Å². The van der Waals surface area contributed by atoms with E-state index in [1.165, 1.54) is 12.8 Å². The zero-order valence-electron chi connectivity index (χ0n) is 9.50. The van der Waals surface area contributed by atoms with E-state index in [0.29, 0.717) is 11.5 Å². The molecule has 4 nitrogen and oxygen atoms in total. The second kappa shape index (κ2) is 4.85. The molecule has 0 unspecified atom stereocenters. The summed E-state index contributed by atoms with van der Waals surface area (Å²) >= 11 is 0. The van der Waals surface area contributed by atoms with Crippen molar-refractivity contribution in [2.75, 3.05) is 18.0 Å². The molecule has 0 bridgehead atoms. The molecule has 0 radical (unpaired) electrons. The third-order valence-corrected chi connectivity index (χ3v) is 3.00. The molecule has 1 aliphatic heterocycles. The highest BCUT2D eigenvalue weighted by atomic mass is 16.4. The lowest BCUT2D eigenvalue weighted by molar-refractivity contribution is 0.423. The highest BCUT2D eigenvalue weighted by molar-refractivity contribution is 6.57. The van der Waals surface area contributed by atoms with Crippen molar-refractivity contribution >= 4 is 18.5 Å². The fraction of sp³-hybridized carbons (Fsp3) is 0.545. The van der Waals surface area contributed by atoms with Gasteiger partial charge in [0.25, 0.3) is 0 Å². The van der Waals surface area contributed by atoms with Crippen LogP contribution in [0.15, 0.2) is 18.2 Å². The largest absolute Gasteiger partial charge is 0.508 e. The SMILES string of the molecule is C[C@@H]1CCCN(c2cccc(B(O)O)n2)C1. The molecule has 5 heteroatoms. The first-order valence-electron chi connectivity index (χ1n) is 5.75. The molecule has 1 aromatic rings. The van der Waals surface area contributed by atoms with Gasteiger partial charge in [-0.1, -0.05) is 13.0 Å². The summed E-state index contributed by atoms with van der Waals surface area (Å²) in [6.07, 6.45) is 2.44. The van der Waals surface area contributed by atoms with Gasteiger partial charge >= 0.3 is 7.12 Å². The molecule has 0 spiro atoms. The Morgan fingerprint density at radius 1 is 1.44 bits per heavy atom. The summed E-state index contributed by atoms with van der Waals surface area (Å²) < 4.78 is 0. The van der Waals surface area contributed by atoms with Crippen LogP contribution < -0.4 is 10.5 Å². The predicted octanol–water partition coefficient (Wildman–Crippen LogP) is -0.00230. The third kappa shape index (κ3) is 2.54. The lowest BCUT2D eigenvalue weighted by Gasteiger charge is -2.32. The standard InChI is InChI=1S/C11H17BN2O2/c1-9-4-3-7-14(8-9)11-6-2-5-10(13-11)12(15)16/h2,5-6,9,15-16H,3-4,7-8H2,1H3/t9-/m1/s1. The van der Waals surface area contributed by atoms with Crippen LogP contribution in [0.4, 0.5) is 5.82 Å². The van der Waals surface area contributed by atoms with E-state index in [9.17, 15) is 0 Å². The van der Waals surface area contributed by atoms with Crippen LogP contribution in [0, 0.1) is 5.92 Å². The van der Waals surface area contributed by atoms with E-state index in [-0.39, 0.29) is 0 Å². The number of piperidine rings is 1. The van der Waals surface area contributed by atoms with Gasteiger partial charge < -0.3 is 14.9 Å². The Morgan fingerprint density at radius 3 is 2.94 bits per heavy atom. The van der Waals surface area contributed by atoms with Crippen molar-refractivity contribution in [3.8, 4) is 0 Å². The van der Waals surface area contributed by atoms with Crippen molar-refractivity contribution in [3.05, 3.63) is 18.2 Å². The van der Waals surface area contributed by atoms with Crippen LogP contribution in [-0.4, -0.2) is 35.2 Å². The molecule has 1 atom stereocenters. The number of anilines is 1. The van der Waals surface area contributed by atoms with Gasteiger partial charge in [-0.25, -0.2) is 4.98 Å². The zero-order valence-corrected chi connectivity index (χ0v) is 9.50. The van der Waals surface area contributed by atoms with Gasteiger partial charge in [-0.2, -0.15) is 0 Å². The lowest BCUT2D eigenvalue weighted by atomic mass is 9.86. The summed E-state index contributed by atoms with van der Waals surface area (Å²) in [5.41, 5.74) is 0.315. The van der Waals surface area contributed by atoms with Gasteiger partial charge in [0.15, 0.2) is 0 Å². The van der Waals surface area contributed by atoms with Crippen molar-refractivity contribution < 1.29 is 10.0 Å². The van der Waals surface area contributed by atoms with E-state index in [0.717, 1.165) is 18.9 Å². The minimum Gasteiger partial charge on any atom is -0.422 e. The summed E-state index contributed by atoms with van der Waals surface area (Å²) in [7, 11) is -1.48. The molecule has 1 aliphatic rings. The molecule has 2 rings (SSSR count). The summed E-state index contributed by atoms with van der Waals surface area (Å²) in [6.45, 7) is 4.23. The van der Waals surface area contributed by atoms with Gasteiger partial charge in [0.05, 0.1) is 5.59 Å². The van der Waals surface area contributed by atoms with Crippen molar-refractivity contribution in [2.45, 2.75) is 19.8 Å². The highest BCUT2D eigenvalue weighted by Crippen LogP contribution is 2.20. The molecule has 2 N–H and O–H groups in total. The Morgan fingerprint density at radius 2 is 2.25 bits per heavy atom. The highest BCUT2D eigenvalue weighted by Gasteiger charge is 2.19. The normalized spacial score (nSPS) is 20.9. The number of hydrogen-bond donors (Lipinski definition) is 2. The number of pyridine rings is 1. The van der Waals surface area contributed by atoms with Gasteiger partial charge in [0.2, 0.25) is 0 Å². The topological polar surface area (TPSA) is 56.6 Å². The molecule has 1 saturated heterocycles. The molecule has 2 heterocycles. The number of aromatic nitrogens is 1. The second-order valence-electron chi connectivity index (χ2n) is 4.49. The van der Waals surface area contributed by atoms with Gasteiger partial charge in [-0.3, -0.25) is 0 Å². The first-order chi connectivity index (χ1) is 7.66. The number of rotatable bonds is 2. The number of nitrogens with zero attached hydrogens (tertiary/aromatic N) is 2. The van der Waals surface area contributed by atoms with E-state index >= 15 is 0 Å². The monoisotopic (exact) mass is 220 g/mol. The third-order valence-electron chi connectivity index (χ3n) is 3.00. The van der Waals surface area contributed by atoms with Gasteiger partial charge in [-0.05, 0) is 30.9 Å². The molecule has 1 aromatic heterocycles. The fourth-order valence-corrected chi connectivity index (χ4v) is 2.16. The average molecular weight is 220 g/mol. The van der Waals surface area contributed by atoms with Gasteiger partial charge in [0.1, 0.15) is 5.82 Å². The van der Waals surface area contributed by atoms with Gasteiger partial charge in [0, 0.05) is 13.1 Å². The Balaban J connectivity index is 2.16. The van der Waals surface area contributed by atoms with E-state index in [4.69, 9.17) is 10.0 Å². The Hall–Kier alpha value is -1.07. The summed E-state index contributed by atoms with van der Waals surface area (Å²) in [4.78, 5) is 6.46. The van der Waals surface area contributed by atoms with Crippen LogP contribution in [0.3, 0.4) is 0 Å². The van der Waals surface area contributed by atoms with Crippen LogP contribution in [0.5, 0.6) is 0 Å². The quantitative estimate of drug-likeness (QED) is 0.688. The van der Waals surface area contributed by atoms with Crippen molar-refractivity contribution in [1.29, 1.82) is 0 Å². The maximum absolute atomic E-state index is 9.07. The van der Waals surface area contributed by atoms with Crippen LogP contribution in [-0.2, 0) is 0 Å². The number of hydrogen-bond acceptors (Lipinski definition) is 4. The summed E-state index contributed by atoms with van der Waals surface area (Å²) in [5.74, 6) is 1.52. The fourth-order valence-electron chi connectivity index (χ4n) is 2.16. The molecule has 0 amide bonds. The van der Waals surface area contributed by atoms with Crippen LogP contribution in [0.2, 0.25) is 0 Å². The summed E-state index contributed by atoms with van der Waals surface area (Å²) in [6, 6.07) is 5.36. The molecule has 1 fully saturated rings. The Kier molecular flexibility index (Phi) is 3.46. The van der Waals surface area contributed by atoms with Crippen LogP contribution in [0.1, 0.15) is 19.8 Å². The van der Waals surface area contributed by atoms with E-state index < -0.39 is 7.12 Å². The van der Waals surface area contributed by atoms with Crippen LogP contribution in [0.25, 0.3) is 0 Å². The average Bonchev–Trinajstić information content (AvgIpc) is 2.29. The smallest absolute Gasteiger partial charge is 0.422 e. The van der Waals surface area contributed by atoms with Crippen molar-refractivity contribution in [1.82, 2.24) is 4.98 Å². The molecular formula is C11H17BN2O2. The lowest BCUT2D eigenvalue weighted by Crippen LogP contribution is -2.38. The molecule has 0 aliphatic carbocycles.